The summed E-state index contributed by atoms with van der Waals surface area (Å²) in [6.07, 6.45) is 6.75. The quantitative estimate of drug-likeness (QED) is 0.698. The van der Waals surface area contributed by atoms with Crippen LogP contribution in [0.5, 0.6) is 0 Å². The van der Waals surface area contributed by atoms with Crippen molar-refractivity contribution in [1.29, 1.82) is 10.5 Å². The minimum Gasteiger partial charge on any atom is -0.244 e. The maximum Gasteiger partial charge on any atom is 0.168 e. The SMILES string of the molecule is CC1(F)CC=C2[C@@H](C1)C(c1ccccc1)C=CCC2(C#N)C#N. The number of alkyl halides is 1. The summed E-state index contributed by atoms with van der Waals surface area (Å²) in [6, 6.07) is 14.4. The summed E-state index contributed by atoms with van der Waals surface area (Å²) in [5.41, 5.74) is -0.558. The number of fused-ring (bicyclic) bond motifs is 1. The summed E-state index contributed by atoms with van der Waals surface area (Å²) >= 11 is 0. The number of rotatable bonds is 1. The fraction of sp³-hybridized carbons (Fsp3) is 0.400. The van der Waals surface area contributed by atoms with Crippen molar-refractivity contribution in [2.45, 2.75) is 37.8 Å². The van der Waals surface area contributed by atoms with Gasteiger partial charge in [0.05, 0.1) is 12.1 Å². The van der Waals surface area contributed by atoms with E-state index in [2.05, 4.69) is 12.1 Å². The molecule has 0 saturated carbocycles. The maximum absolute atomic E-state index is 14.7. The molecule has 0 radical (unpaired) electrons. The maximum atomic E-state index is 14.7. The molecule has 1 aromatic rings. The van der Waals surface area contributed by atoms with E-state index >= 15 is 0 Å². The monoisotopic (exact) mass is 306 g/mol. The minimum absolute atomic E-state index is 0.00130. The van der Waals surface area contributed by atoms with Gasteiger partial charge in [0.2, 0.25) is 0 Å². The van der Waals surface area contributed by atoms with Crippen LogP contribution in [0.3, 0.4) is 0 Å². The number of nitrogens with zero attached hydrogens (tertiary/aromatic N) is 2. The molecule has 3 atom stereocenters. The van der Waals surface area contributed by atoms with E-state index in [0.717, 1.165) is 11.1 Å². The number of nitriles is 2. The van der Waals surface area contributed by atoms with E-state index in [-0.39, 0.29) is 18.3 Å². The van der Waals surface area contributed by atoms with E-state index in [1.807, 2.05) is 48.6 Å². The summed E-state index contributed by atoms with van der Waals surface area (Å²) < 4.78 is 14.7. The number of allylic oxidation sites excluding steroid dienone is 4. The number of benzene rings is 1. The highest BCUT2D eigenvalue weighted by Gasteiger charge is 2.47. The lowest BCUT2D eigenvalue weighted by atomic mass is 9.64. The van der Waals surface area contributed by atoms with Gasteiger partial charge in [-0.05, 0) is 36.8 Å². The lowest BCUT2D eigenvalue weighted by molar-refractivity contribution is 0.137. The molecule has 2 nitrogen and oxygen atoms in total. The summed E-state index contributed by atoms with van der Waals surface area (Å²) in [5, 5.41) is 19.3. The van der Waals surface area contributed by atoms with Crippen LogP contribution in [0.15, 0.2) is 54.1 Å². The molecule has 1 aromatic carbocycles. The predicted molar refractivity (Wildman–Crippen MR) is 86.9 cm³/mol. The third-order valence-electron chi connectivity index (χ3n) is 5.05. The number of hydrogen-bond acceptors (Lipinski definition) is 2. The lowest BCUT2D eigenvalue weighted by Crippen LogP contribution is -2.35. The zero-order chi connectivity index (χ0) is 16.5. The van der Waals surface area contributed by atoms with Crippen LogP contribution < -0.4 is 0 Å². The molecule has 0 bridgehead atoms. The summed E-state index contributed by atoms with van der Waals surface area (Å²) in [4.78, 5) is 0. The Bertz CT molecular complexity index is 717. The van der Waals surface area contributed by atoms with E-state index in [1.54, 1.807) is 6.92 Å². The predicted octanol–water partition coefficient (Wildman–Crippen LogP) is 4.83. The second-order valence-corrected chi connectivity index (χ2v) is 6.79. The van der Waals surface area contributed by atoms with Crippen LogP contribution in [0.4, 0.5) is 4.39 Å². The molecule has 0 fully saturated rings. The summed E-state index contributed by atoms with van der Waals surface area (Å²) in [7, 11) is 0. The molecule has 23 heavy (non-hydrogen) atoms. The zero-order valence-electron chi connectivity index (χ0n) is 13.2. The van der Waals surface area contributed by atoms with Crippen LogP contribution >= 0.6 is 0 Å². The smallest absolute Gasteiger partial charge is 0.168 e. The fourth-order valence-corrected chi connectivity index (χ4v) is 3.84. The third kappa shape index (κ3) is 2.68. The number of hydrogen-bond donors (Lipinski definition) is 0. The number of halogens is 1. The molecule has 0 N–H and O–H groups in total. The van der Waals surface area contributed by atoms with Gasteiger partial charge in [-0.3, -0.25) is 0 Å². The van der Waals surface area contributed by atoms with Gasteiger partial charge in [0.15, 0.2) is 5.41 Å². The highest BCUT2D eigenvalue weighted by atomic mass is 19.1. The first-order chi connectivity index (χ1) is 11.0. The van der Waals surface area contributed by atoms with Crippen molar-refractivity contribution in [3.8, 4) is 12.1 Å². The van der Waals surface area contributed by atoms with Gasteiger partial charge in [-0.25, -0.2) is 4.39 Å². The van der Waals surface area contributed by atoms with Crippen molar-refractivity contribution in [1.82, 2.24) is 0 Å². The fourth-order valence-electron chi connectivity index (χ4n) is 3.84. The van der Waals surface area contributed by atoms with Crippen molar-refractivity contribution < 1.29 is 4.39 Å². The topological polar surface area (TPSA) is 47.6 Å². The van der Waals surface area contributed by atoms with Gasteiger partial charge in [0.25, 0.3) is 0 Å². The van der Waals surface area contributed by atoms with E-state index in [4.69, 9.17) is 0 Å². The Kier molecular flexibility index (Phi) is 3.82. The Morgan fingerprint density at radius 1 is 1.13 bits per heavy atom. The Labute approximate surface area is 136 Å². The Morgan fingerprint density at radius 2 is 1.83 bits per heavy atom. The first-order valence-corrected chi connectivity index (χ1v) is 7.95. The van der Waals surface area contributed by atoms with Crippen molar-refractivity contribution in [3.63, 3.8) is 0 Å². The molecule has 0 aliphatic heterocycles. The molecule has 116 valence electrons. The molecule has 2 unspecified atom stereocenters. The van der Waals surface area contributed by atoms with Crippen molar-refractivity contribution in [2.24, 2.45) is 11.3 Å². The van der Waals surface area contributed by atoms with E-state index < -0.39 is 11.1 Å². The van der Waals surface area contributed by atoms with Gasteiger partial charge in [-0.2, -0.15) is 10.5 Å². The van der Waals surface area contributed by atoms with Crippen molar-refractivity contribution in [2.75, 3.05) is 0 Å². The molecular weight excluding hydrogens is 287 g/mol. The normalized spacial score (nSPS) is 31.9. The Balaban J connectivity index is 2.13. The van der Waals surface area contributed by atoms with Gasteiger partial charge in [0.1, 0.15) is 5.67 Å². The van der Waals surface area contributed by atoms with Gasteiger partial charge in [-0.15, -0.1) is 0 Å². The molecule has 2 aliphatic carbocycles. The van der Waals surface area contributed by atoms with E-state index in [9.17, 15) is 14.9 Å². The first-order valence-electron chi connectivity index (χ1n) is 7.95. The zero-order valence-corrected chi connectivity index (χ0v) is 13.2. The Morgan fingerprint density at radius 3 is 2.48 bits per heavy atom. The van der Waals surface area contributed by atoms with Crippen molar-refractivity contribution in [3.05, 3.63) is 59.7 Å². The van der Waals surface area contributed by atoms with Crippen molar-refractivity contribution >= 4 is 0 Å². The second-order valence-electron chi connectivity index (χ2n) is 6.79. The summed E-state index contributed by atoms with van der Waals surface area (Å²) in [5.74, 6) is -0.152. The van der Waals surface area contributed by atoms with Crippen LogP contribution in [0.2, 0.25) is 0 Å². The van der Waals surface area contributed by atoms with Gasteiger partial charge < -0.3 is 0 Å². The highest BCUT2D eigenvalue weighted by Crippen LogP contribution is 2.51. The largest absolute Gasteiger partial charge is 0.244 e. The molecule has 3 rings (SSSR count). The molecule has 3 heteroatoms. The molecule has 0 spiro atoms. The van der Waals surface area contributed by atoms with Crippen LogP contribution in [-0.4, -0.2) is 5.67 Å². The molecule has 0 aromatic heterocycles. The standard InChI is InChI=1S/C20H19FN2/c1-19(21)11-9-18-17(12-19)16(15-6-3-2-4-7-15)8-5-10-20(18,13-22)14-23/h2-9,16-17H,10-12H2,1H3/t16?,17-,19?/m0/s1. The molecule has 0 saturated heterocycles. The molecule has 2 aliphatic rings. The minimum atomic E-state index is -1.30. The van der Waals surface area contributed by atoms with Gasteiger partial charge >= 0.3 is 0 Å². The van der Waals surface area contributed by atoms with E-state index in [0.29, 0.717) is 12.8 Å². The van der Waals surface area contributed by atoms with Crippen LogP contribution in [0.1, 0.15) is 37.7 Å². The third-order valence-corrected chi connectivity index (χ3v) is 5.05. The van der Waals surface area contributed by atoms with E-state index in [1.165, 1.54) is 0 Å². The van der Waals surface area contributed by atoms with Gasteiger partial charge in [0, 0.05) is 12.3 Å². The van der Waals surface area contributed by atoms with Crippen LogP contribution in [-0.2, 0) is 0 Å². The molecular formula is C20H19FN2. The van der Waals surface area contributed by atoms with Crippen LogP contribution in [0, 0.1) is 34.0 Å². The second kappa shape index (κ2) is 5.67. The first kappa shape index (κ1) is 15.5. The van der Waals surface area contributed by atoms with Gasteiger partial charge in [-0.1, -0.05) is 48.6 Å². The average molecular weight is 306 g/mol. The highest BCUT2D eigenvalue weighted by molar-refractivity contribution is 5.43. The molecule has 0 amide bonds. The summed E-state index contributed by atoms with van der Waals surface area (Å²) in [6.45, 7) is 1.61. The van der Waals surface area contributed by atoms with Crippen LogP contribution in [0.25, 0.3) is 0 Å². The Hall–Kier alpha value is -2.39. The average Bonchev–Trinajstić information content (AvgIpc) is 2.71. The molecule has 0 heterocycles. The lowest BCUT2D eigenvalue weighted by Gasteiger charge is -2.38.